The van der Waals surface area contributed by atoms with E-state index in [0.29, 0.717) is 13.0 Å². The molecule has 0 atom stereocenters. The van der Waals surface area contributed by atoms with Crippen LogP contribution in [0.2, 0.25) is 0 Å². The van der Waals surface area contributed by atoms with Crippen molar-refractivity contribution in [1.82, 2.24) is 5.32 Å². The second-order valence-electron chi connectivity index (χ2n) is 6.58. The van der Waals surface area contributed by atoms with Crippen molar-refractivity contribution in [3.63, 3.8) is 0 Å². The molecule has 0 heterocycles. The summed E-state index contributed by atoms with van der Waals surface area (Å²) in [5, 5.41) is 12.8. The number of ether oxygens (including phenoxy) is 1. The van der Waals surface area contributed by atoms with Crippen molar-refractivity contribution in [2.24, 2.45) is 0 Å². The zero-order valence-corrected chi connectivity index (χ0v) is 16.2. The van der Waals surface area contributed by atoms with Crippen LogP contribution >= 0.6 is 0 Å². The molecule has 3 heteroatoms. The predicted molar refractivity (Wildman–Crippen MR) is 115 cm³/mol. The van der Waals surface area contributed by atoms with Crippen molar-refractivity contribution in [1.29, 1.82) is 0 Å². The molecule has 0 aliphatic carbocycles. The summed E-state index contributed by atoms with van der Waals surface area (Å²) in [5.74, 6) is 0.835. The summed E-state index contributed by atoms with van der Waals surface area (Å²) >= 11 is 0. The maximum atomic E-state index is 9.03. The molecule has 0 bridgehead atoms. The van der Waals surface area contributed by atoms with Crippen molar-refractivity contribution in [2.75, 3.05) is 20.3 Å². The van der Waals surface area contributed by atoms with Gasteiger partial charge in [0.1, 0.15) is 5.75 Å². The van der Waals surface area contributed by atoms with E-state index in [0.717, 1.165) is 11.3 Å². The highest BCUT2D eigenvalue weighted by Gasteiger charge is 2.35. The summed E-state index contributed by atoms with van der Waals surface area (Å²) in [7, 11) is 1.68. The van der Waals surface area contributed by atoms with Crippen LogP contribution in [0.5, 0.6) is 5.75 Å². The van der Waals surface area contributed by atoms with Gasteiger partial charge < -0.3 is 9.84 Å². The second kappa shape index (κ2) is 9.88. The monoisotopic (exact) mass is 373 g/mol. The Morgan fingerprint density at radius 3 is 1.82 bits per heavy atom. The van der Waals surface area contributed by atoms with Gasteiger partial charge in [0, 0.05) is 13.2 Å². The van der Waals surface area contributed by atoms with Crippen LogP contribution in [0.15, 0.2) is 97.1 Å². The van der Waals surface area contributed by atoms with Crippen LogP contribution in [0.1, 0.15) is 23.1 Å². The highest BCUT2D eigenvalue weighted by molar-refractivity contribution is 5.50. The van der Waals surface area contributed by atoms with Crippen LogP contribution in [0.4, 0.5) is 0 Å². The Morgan fingerprint density at radius 2 is 1.32 bits per heavy atom. The molecule has 3 aromatic carbocycles. The number of methoxy groups -OCH3 is 1. The molecule has 0 radical (unpaired) electrons. The summed E-state index contributed by atoms with van der Waals surface area (Å²) in [5.41, 5.74) is 2.98. The molecule has 0 aromatic heterocycles. The van der Waals surface area contributed by atoms with E-state index in [1.807, 2.05) is 30.3 Å². The number of aliphatic hydroxyl groups is 1. The molecule has 3 rings (SSSR count). The number of nitrogens with one attached hydrogen (secondary N) is 1. The van der Waals surface area contributed by atoms with Crippen molar-refractivity contribution >= 4 is 0 Å². The third kappa shape index (κ3) is 4.33. The summed E-state index contributed by atoms with van der Waals surface area (Å²) in [6.45, 7) is 0.841. The molecule has 28 heavy (non-hydrogen) atoms. The highest BCUT2D eigenvalue weighted by Crippen LogP contribution is 2.37. The van der Waals surface area contributed by atoms with Crippen molar-refractivity contribution < 1.29 is 9.84 Å². The fourth-order valence-electron chi connectivity index (χ4n) is 3.51. The molecule has 144 valence electrons. The van der Waals surface area contributed by atoms with Crippen LogP contribution in [0.25, 0.3) is 0 Å². The lowest BCUT2D eigenvalue weighted by Crippen LogP contribution is -2.44. The summed E-state index contributed by atoms with van der Waals surface area (Å²) in [6, 6.07) is 29.2. The van der Waals surface area contributed by atoms with Gasteiger partial charge in [-0.15, -0.1) is 0 Å². The number of benzene rings is 3. The van der Waals surface area contributed by atoms with Crippen molar-refractivity contribution in [2.45, 2.75) is 12.0 Å². The Morgan fingerprint density at radius 1 is 0.786 bits per heavy atom. The first-order chi connectivity index (χ1) is 13.8. The fraction of sp³-hybridized carbons (Fsp3) is 0.200. The van der Waals surface area contributed by atoms with E-state index in [2.05, 4.69) is 72.1 Å². The minimum absolute atomic E-state index is 0.164. The van der Waals surface area contributed by atoms with Gasteiger partial charge in [0.15, 0.2) is 0 Å². The number of aliphatic hydroxyl groups excluding tert-OH is 1. The zero-order valence-electron chi connectivity index (χ0n) is 16.2. The average Bonchev–Trinajstić information content (AvgIpc) is 2.78. The lowest BCUT2D eigenvalue weighted by atomic mass is 9.77. The van der Waals surface area contributed by atoms with E-state index in [1.54, 1.807) is 7.11 Å². The molecular formula is C25H27NO2. The lowest BCUT2D eigenvalue weighted by molar-refractivity contribution is 0.302. The van der Waals surface area contributed by atoms with Crippen molar-refractivity contribution in [3.05, 3.63) is 114 Å². The zero-order chi connectivity index (χ0) is 19.7. The second-order valence-corrected chi connectivity index (χ2v) is 6.58. The summed E-state index contributed by atoms with van der Waals surface area (Å²) in [4.78, 5) is 0. The fourth-order valence-corrected chi connectivity index (χ4v) is 3.51. The van der Waals surface area contributed by atoms with Gasteiger partial charge >= 0.3 is 0 Å². The highest BCUT2D eigenvalue weighted by atomic mass is 16.5. The van der Waals surface area contributed by atoms with Gasteiger partial charge in [0.2, 0.25) is 0 Å². The Balaban J connectivity index is 2.13. The van der Waals surface area contributed by atoms with Crippen LogP contribution in [-0.4, -0.2) is 25.4 Å². The SMILES string of the molecule is COc1ccc(C(NC/C=C/CCO)(c2ccccc2)c2ccccc2)cc1. The molecule has 0 aliphatic rings. The van der Waals surface area contributed by atoms with Crippen molar-refractivity contribution in [3.8, 4) is 5.75 Å². The van der Waals surface area contributed by atoms with Gasteiger partial charge in [-0.1, -0.05) is 84.9 Å². The number of hydrogen-bond donors (Lipinski definition) is 2. The largest absolute Gasteiger partial charge is 0.497 e. The maximum Gasteiger partial charge on any atom is 0.118 e. The molecule has 0 aliphatic heterocycles. The first kappa shape index (κ1) is 19.9. The molecule has 0 saturated heterocycles. The van der Waals surface area contributed by atoms with Gasteiger partial charge in [-0.2, -0.15) is 0 Å². The molecule has 0 unspecified atom stereocenters. The standard InChI is InChI=1S/C25H27NO2/c1-28-24-17-15-23(16-18-24)25(21-11-5-2-6-12-21,22-13-7-3-8-14-22)26-19-9-4-10-20-27/h2-9,11-18,26-27H,10,19-20H2,1H3/b9-4+. The summed E-state index contributed by atoms with van der Waals surface area (Å²) < 4.78 is 5.36. The Kier molecular flexibility index (Phi) is 7.01. The van der Waals surface area contributed by atoms with Crippen LogP contribution in [-0.2, 0) is 5.54 Å². The molecule has 0 spiro atoms. The van der Waals surface area contributed by atoms with E-state index < -0.39 is 5.54 Å². The van der Waals surface area contributed by atoms with E-state index >= 15 is 0 Å². The number of rotatable bonds is 9. The Labute approximate surface area is 167 Å². The van der Waals surface area contributed by atoms with Gasteiger partial charge in [0.25, 0.3) is 0 Å². The Hall–Kier alpha value is -2.88. The van der Waals surface area contributed by atoms with Gasteiger partial charge in [0.05, 0.1) is 12.6 Å². The quantitative estimate of drug-likeness (QED) is 0.428. The topological polar surface area (TPSA) is 41.5 Å². The molecule has 0 fully saturated rings. The molecule has 2 N–H and O–H groups in total. The van der Waals surface area contributed by atoms with E-state index in [-0.39, 0.29) is 6.61 Å². The summed E-state index contributed by atoms with van der Waals surface area (Å²) in [6.07, 6.45) is 4.73. The number of hydrogen-bond acceptors (Lipinski definition) is 3. The molecule has 0 amide bonds. The van der Waals surface area contributed by atoms with Gasteiger partial charge in [-0.25, -0.2) is 0 Å². The van der Waals surface area contributed by atoms with Crippen LogP contribution in [0, 0.1) is 0 Å². The van der Waals surface area contributed by atoms with Gasteiger partial charge in [-0.05, 0) is 35.2 Å². The third-order valence-electron chi connectivity index (χ3n) is 4.88. The minimum Gasteiger partial charge on any atom is -0.497 e. The van der Waals surface area contributed by atoms with Gasteiger partial charge in [-0.3, -0.25) is 5.32 Å². The maximum absolute atomic E-state index is 9.03. The van der Waals surface area contributed by atoms with E-state index in [4.69, 9.17) is 9.84 Å². The van der Waals surface area contributed by atoms with Crippen LogP contribution in [0.3, 0.4) is 0 Å². The molecule has 0 saturated carbocycles. The molecular weight excluding hydrogens is 346 g/mol. The average molecular weight is 373 g/mol. The smallest absolute Gasteiger partial charge is 0.118 e. The predicted octanol–water partition coefficient (Wildman–Crippen LogP) is 4.52. The molecule has 3 nitrogen and oxygen atoms in total. The lowest BCUT2D eigenvalue weighted by Gasteiger charge is -2.37. The van der Waals surface area contributed by atoms with E-state index in [1.165, 1.54) is 11.1 Å². The molecule has 3 aromatic rings. The Bertz CT molecular complexity index is 819. The normalized spacial score (nSPS) is 11.6. The minimum atomic E-state index is -0.502. The van der Waals surface area contributed by atoms with E-state index in [9.17, 15) is 0 Å². The first-order valence-electron chi connectivity index (χ1n) is 9.57. The van der Waals surface area contributed by atoms with Crippen LogP contribution < -0.4 is 10.1 Å². The first-order valence-corrected chi connectivity index (χ1v) is 9.57. The third-order valence-corrected chi connectivity index (χ3v) is 4.88.